The lowest BCUT2D eigenvalue weighted by Crippen LogP contribution is -2.54. The maximum Gasteiger partial charge on any atom is 0.264 e. The smallest absolute Gasteiger partial charge is 0.264 e. The minimum absolute atomic E-state index is 0.214. The van der Waals surface area contributed by atoms with Gasteiger partial charge >= 0.3 is 0 Å². The number of carbonyl (C=O) groups excluding carboxylic acids is 2. The lowest BCUT2D eigenvalue weighted by Gasteiger charge is -2.26. The van der Waals surface area contributed by atoms with E-state index in [1.165, 1.54) is 0 Å². The van der Waals surface area contributed by atoms with Gasteiger partial charge in [0.15, 0.2) is 18.0 Å². The van der Waals surface area contributed by atoms with Crippen LogP contribution in [-0.4, -0.2) is 78.7 Å². The monoisotopic (exact) mass is 578 g/mol. The summed E-state index contributed by atoms with van der Waals surface area (Å²) in [5, 5.41) is 5.42. The molecule has 2 N–H and O–H groups in total. The first-order valence-corrected chi connectivity index (χ1v) is 15.8. The molecule has 14 heteroatoms. The first-order chi connectivity index (χ1) is 17.4. The van der Waals surface area contributed by atoms with E-state index < -0.39 is 62.1 Å². The van der Waals surface area contributed by atoms with Crippen molar-refractivity contribution in [3.8, 4) is 0 Å². The summed E-state index contributed by atoms with van der Waals surface area (Å²) in [6.07, 6.45) is -1.01. The SMILES string of the molecule is CC(C)[C@@H](COS(C)(=O)=O)NC(=O)[C@@H]1OC(C)(c2ccccc2)O[C@H]1C(=O)N[C@H](COS(C)(=O)=O)C(C)C. The van der Waals surface area contributed by atoms with E-state index in [0.717, 1.165) is 12.5 Å². The second kappa shape index (κ2) is 12.8. The van der Waals surface area contributed by atoms with Crippen molar-refractivity contribution >= 4 is 32.1 Å². The second-order valence-corrected chi connectivity index (χ2v) is 13.4. The third-order valence-corrected chi connectivity index (χ3v) is 7.11. The van der Waals surface area contributed by atoms with Gasteiger partial charge in [-0.2, -0.15) is 16.8 Å². The molecule has 38 heavy (non-hydrogen) atoms. The third-order valence-electron chi connectivity index (χ3n) is 5.98. The van der Waals surface area contributed by atoms with Crippen molar-refractivity contribution in [1.29, 1.82) is 0 Å². The fourth-order valence-corrected chi connectivity index (χ4v) is 4.41. The highest BCUT2D eigenvalue weighted by atomic mass is 32.2. The molecule has 1 aromatic rings. The molecule has 0 saturated carbocycles. The molecule has 4 atom stereocenters. The van der Waals surface area contributed by atoms with Crippen molar-refractivity contribution in [2.45, 2.75) is 64.7 Å². The van der Waals surface area contributed by atoms with Gasteiger partial charge in [-0.25, -0.2) is 0 Å². The van der Waals surface area contributed by atoms with Gasteiger partial charge < -0.3 is 20.1 Å². The first kappa shape index (κ1) is 32.1. The molecular formula is C24H38N2O10S2. The van der Waals surface area contributed by atoms with Crippen LogP contribution in [0.15, 0.2) is 30.3 Å². The quantitative estimate of drug-likeness (QED) is 0.321. The van der Waals surface area contributed by atoms with Gasteiger partial charge in [0.05, 0.1) is 37.8 Å². The van der Waals surface area contributed by atoms with Crippen molar-refractivity contribution in [2.75, 3.05) is 25.7 Å². The number of nitrogens with one attached hydrogen (secondary N) is 2. The lowest BCUT2D eigenvalue weighted by molar-refractivity contribution is -0.176. The molecule has 1 aliphatic heterocycles. The topological polar surface area (TPSA) is 163 Å². The Morgan fingerprint density at radius 3 is 1.50 bits per heavy atom. The van der Waals surface area contributed by atoms with Crippen LogP contribution in [0.5, 0.6) is 0 Å². The van der Waals surface area contributed by atoms with Gasteiger partial charge in [-0.05, 0) is 18.8 Å². The molecule has 1 aliphatic rings. The van der Waals surface area contributed by atoms with Gasteiger partial charge in [0, 0.05) is 5.56 Å². The summed E-state index contributed by atoms with van der Waals surface area (Å²) in [6.45, 7) is 8.06. The maximum absolute atomic E-state index is 13.4. The van der Waals surface area contributed by atoms with Crippen LogP contribution in [0.4, 0.5) is 0 Å². The van der Waals surface area contributed by atoms with Gasteiger partial charge in [0.2, 0.25) is 0 Å². The summed E-state index contributed by atoms with van der Waals surface area (Å²) in [4.78, 5) is 26.8. The minimum atomic E-state index is -3.75. The second-order valence-electron chi connectivity index (χ2n) is 10.1. The van der Waals surface area contributed by atoms with Gasteiger partial charge in [-0.1, -0.05) is 58.0 Å². The zero-order chi connectivity index (χ0) is 28.9. The van der Waals surface area contributed by atoms with Crippen LogP contribution in [0, 0.1) is 11.8 Å². The largest absolute Gasteiger partial charge is 0.348 e. The Kier molecular flexibility index (Phi) is 10.8. The molecule has 1 saturated heterocycles. The molecule has 0 unspecified atom stereocenters. The standard InChI is InChI=1S/C24H38N2O10S2/c1-15(2)18(13-33-37(6,29)30)25-22(27)20-21(36-24(5,35-20)17-11-9-8-10-12-17)23(28)26-19(16(3)4)14-34-38(7,31)32/h8-12,15-16,18-21H,13-14H2,1-7H3,(H,25,27)(H,26,28)/t18-,19-,20-,21-/m1/s1. The van der Waals surface area contributed by atoms with Crippen LogP contribution in [-0.2, 0) is 53.5 Å². The molecule has 0 spiro atoms. The van der Waals surface area contributed by atoms with E-state index in [-0.39, 0.29) is 25.0 Å². The molecule has 0 aliphatic carbocycles. The van der Waals surface area contributed by atoms with E-state index in [1.807, 2.05) is 0 Å². The minimum Gasteiger partial charge on any atom is -0.348 e. The van der Waals surface area contributed by atoms with E-state index >= 15 is 0 Å². The van der Waals surface area contributed by atoms with Gasteiger partial charge in [0.25, 0.3) is 32.1 Å². The highest BCUT2D eigenvalue weighted by Gasteiger charge is 2.52. The Labute approximate surface area is 225 Å². The number of benzene rings is 1. The summed E-state index contributed by atoms with van der Waals surface area (Å²) >= 11 is 0. The van der Waals surface area contributed by atoms with E-state index in [1.54, 1.807) is 65.0 Å². The van der Waals surface area contributed by atoms with E-state index in [2.05, 4.69) is 10.6 Å². The van der Waals surface area contributed by atoms with Crippen molar-refractivity contribution in [3.05, 3.63) is 35.9 Å². The number of amides is 2. The van der Waals surface area contributed by atoms with Crippen LogP contribution in [0.25, 0.3) is 0 Å². The Hall–Kier alpha value is -2.10. The van der Waals surface area contributed by atoms with E-state index in [4.69, 9.17) is 17.8 Å². The first-order valence-electron chi connectivity index (χ1n) is 12.1. The fourth-order valence-electron chi connectivity index (χ4n) is 3.62. The number of carbonyl (C=O) groups is 2. The average Bonchev–Trinajstić information content (AvgIpc) is 3.17. The predicted octanol–water partition coefficient (Wildman–Crippen LogP) is 0.877. The lowest BCUT2D eigenvalue weighted by atomic mass is 10.0. The highest BCUT2D eigenvalue weighted by Crippen LogP contribution is 2.37. The zero-order valence-corrected chi connectivity index (χ0v) is 24.3. The maximum atomic E-state index is 13.4. The van der Waals surface area contributed by atoms with Crippen molar-refractivity contribution in [2.24, 2.45) is 11.8 Å². The number of rotatable bonds is 13. The molecular weight excluding hydrogens is 540 g/mol. The molecule has 12 nitrogen and oxygen atoms in total. The Morgan fingerprint density at radius 2 is 1.18 bits per heavy atom. The summed E-state index contributed by atoms with van der Waals surface area (Å²) < 4.78 is 67.7. The molecule has 1 aromatic carbocycles. The average molecular weight is 579 g/mol. The predicted molar refractivity (Wildman–Crippen MR) is 139 cm³/mol. The van der Waals surface area contributed by atoms with Crippen LogP contribution in [0.1, 0.15) is 40.2 Å². The van der Waals surface area contributed by atoms with Crippen LogP contribution < -0.4 is 10.6 Å². The molecule has 2 rings (SSSR count). The van der Waals surface area contributed by atoms with Gasteiger partial charge in [-0.3, -0.25) is 18.0 Å². The van der Waals surface area contributed by atoms with Crippen LogP contribution in [0.2, 0.25) is 0 Å². The Balaban J connectivity index is 2.32. The van der Waals surface area contributed by atoms with Crippen LogP contribution in [0.3, 0.4) is 0 Å². The van der Waals surface area contributed by atoms with Gasteiger partial charge in [0.1, 0.15) is 0 Å². The molecule has 2 amide bonds. The molecule has 1 fully saturated rings. The molecule has 0 radical (unpaired) electrons. The number of hydrogen-bond donors (Lipinski definition) is 2. The van der Waals surface area contributed by atoms with E-state index in [9.17, 15) is 26.4 Å². The fraction of sp³-hybridized carbons (Fsp3) is 0.667. The van der Waals surface area contributed by atoms with E-state index in [0.29, 0.717) is 5.56 Å². The highest BCUT2D eigenvalue weighted by molar-refractivity contribution is 7.86. The van der Waals surface area contributed by atoms with Crippen molar-refractivity contribution in [3.63, 3.8) is 0 Å². The summed E-state index contributed by atoms with van der Waals surface area (Å²) in [6, 6.07) is 7.33. The Morgan fingerprint density at radius 1 is 0.816 bits per heavy atom. The summed E-state index contributed by atoms with van der Waals surface area (Å²) in [5.41, 5.74) is 0.565. The summed E-state index contributed by atoms with van der Waals surface area (Å²) in [7, 11) is -7.50. The zero-order valence-electron chi connectivity index (χ0n) is 22.7. The molecule has 0 bridgehead atoms. The Bertz CT molecular complexity index is 1100. The van der Waals surface area contributed by atoms with Crippen molar-refractivity contribution in [1.82, 2.24) is 10.6 Å². The van der Waals surface area contributed by atoms with Crippen molar-refractivity contribution < 1.29 is 44.3 Å². The number of ether oxygens (including phenoxy) is 2. The van der Waals surface area contributed by atoms with Gasteiger partial charge in [-0.15, -0.1) is 0 Å². The summed E-state index contributed by atoms with van der Waals surface area (Å²) in [5.74, 6) is -3.29. The normalized spacial score (nSPS) is 21.3. The molecule has 0 aromatic heterocycles. The number of hydrogen-bond acceptors (Lipinski definition) is 10. The molecule has 1 heterocycles. The molecule has 216 valence electrons. The van der Waals surface area contributed by atoms with Crippen LogP contribution >= 0.6 is 0 Å². The third kappa shape index (κ3) is 9.58.